The van der Waals surface area contributed by atoms with Gasteiger partial charge in [-0.25, -0.2) is 0 Å². The van der Waals surface area contributed by atoms with E-state index in [2.05, 4.69) is 29.7 Å². The molecule has 0 radical (unpaired) electrons. The van der Waals surface area contributed by atoms with Gasteiger partial charge in [0.1, 0.15) is 5.60 Å². The second-order valence-corrected chi connectivity index (χ2v) is 15.3. The second kappa shape index (κ2) is 11.2. The molecular weight excluding hydrogens is 512 g/mol. The van der Waals surface area contributed by atoms with Crippen molar-refractivity contribution in [1.82, 2.24) is 9.80 Å². The molecule has 0 bridgehead atoms. The van der Waals surface area contributed by atoms with E-state index in [1.807, 2.05) is 6.26 Å². The summed E-state index contributed by atoms with van der Waals surface area (Å²) in [5.74, 6) is 1.67. The Bertz CT molecular complexity index is 1020. The average Bonchev–Trinajstić information content (AvgIpc) is 3.79. The standard InChI is InChI=1S/C35H56N2O4/c1-32-12-9-29(40-23-20-36-16-3-4-17-36)25-27(32)7-8-31-30(32)10-13-33(2)34(31,38)14-15-35(33,28-11-22-39-26-28)41-24-21-37-18-5-6-19-37/h11,22,26-27,29-31,38H,3-10,12-21,23-25H2,1-2H3/t27-,29+,30+,31-,32+,33+,34?,35-/m1/s1. The molecule has 6 aliphatic rings. The maximum Gasteiger partial charge on any atom is 0.104 e. The van der Waals surface area contributed by atoms with Gasteiger partial charge in [0.15, 0.2) is 0 Å². The van der Waals surface area contributed by atoms with Crippen LogP contribution in [0.25, 0.3) is 0 Å². The highest BCUT2D eigenvalue weighted by atomic mass is 16.5. The lowest BCUT2D eigenvalue weighted by Gasteiger charge is -2.64. The topological polar surface area (TPSA) is 58.3 Å². The maximum absolute atomic E-state index is 12.9. The van der Waals surface area contributed by atoms with Gasteiger partial charge in [-0.15, -0.1) is 0 Å². The molecule has 6 heteroatoms. The predicted molar refractivity (Wildman–Crippen MR) is 161 cm³/mol. The first-order valence-electron chi connectivity index (χ1n) is 17.3. The lowest BCUT2D eigenvalue weighted by atomic mass is 9.43. The molecule has 41 heavy (non-hydrogen) atoms. The Morgan fingerprint density at radius 2 is 1.59 bits per heavy atom. The summed E-state index contributed by atoms with van der Waals surface area (Å²) in [5, 5.41) is 12.9. The first-order chi connectivity index (χ1) is 19.9. The van der Waals surface area contributed by atoms with E-state index in [1.165, 1.54) is 84.0 Å². The Kier molecular flexibility index (Phi) is 7.89. The summed E-state index contributed by atoms with van der Waals surface area (Å²) in [4.78, 5) is 5.11. The molecule has 7 rings (SSSR count). The minimum Gasteiger partial charge on any atom is -0.472 e. The summed E-state index contributed by atoms with van der Waals surface area (Å²) in [7, 11) is 0. The van der Waals surface area contributed by atoms with Crippen LogP contribution >= 0.6 is 0 Å². The van der Waals surface area contributed by atoms with Crippen LogP contribution in [-0.2, 0) is 15.1 Å². The number of rotatable bonds is 9. The fraction of sp³-hybridized carbons (Fsp3) is 0.886. The maximum atomic E-state index is 12.9. The van der Waals surface area contributed by atoms with Gasteiger partial charge < -0.3 is 28.8 Å². The van der Waals surface area contributed by atoms with Crippen LogP contribution in [0.5, 0.6) is 0 Å². The molecule has 3 heterocycles. The van der Waals surface area contributed by atoms with E-state index in [9.17, 15) is 5.11 Å². The predicted octanol–water partition coefficient (Wildman–Crippen LogP) is 6.23. The van der Waals surface area contributed by atoms with Crippen molar-refractivity contribution in [1.29, 1.82) is 0 Å². The van der Waals surface area contributed by atoms with Crippen LogP contribution in [-0.4, -0.2) is 79.1 Å². The van der Waals surface area contributed by atoms with Crippen LogP contribution in [0, 0.1) is 28.6 Å². The lowest BCUT2D eigenvalue weighted by Crippen LogP contribution is -2.65. The molecule has 2 saturated heterocycles. The van der Waals surface area contributed by atoms with Gasteiger partial charge in [0.25, 0.3) is 0 Å². The third-order valence-electron chi connectivity index (χ3n) is 13.8. The smallest absolute Gasteiger partial charge is 0.104 e. The van der Waals surface area contributed by atoms with Crippen molar-refractivity contribution in [2.75, 3.05) is 52.5 Å². The Balaban J connectivity index is 1.06. The van der Waals surface area contributed by atoms with E-state index >= 15 is 0 Å². The number of nitrogens with zero attached hydrogens (tertiary/aromatic N) is 2. The molecule has 0 spiro atoms. The molecule has 0 aromatic carbocycles. The SMILES string of the molecule is C[C@]12CC[C@H](OCCN3CCCC3)C[C@H]1CC[C@@H]1[C@@H]2CC[C@@]2(C)C1(O)CC[C@@]2(OCCN1CCCC1)c1ccoc1. The Morgan fingerprint density at radius 3 is 2.29 bits per heavy atom. The van der Waals surface area contributed by atoms with Crippen LogP contribution in [0.4, 0.5) is 0 Å². The van der Waals surface area contributed by atoms with E-state index in [-0.39, 0.29) is 5.41 Å². The molecule has 4 aliphatic carbocycles. The Labute approximate surface area is 248 Å². The highest BCUT2D eigenvalue weighted by Crippen LogP contribution is 2.72. The summed E-state index contributed by atoms with van der Waals surface area (Å²) in [6, 6.07) is 2.11. The van der Waals surface area contributed by atoms with Crippen molar-refractivity contribution >= 4 is 0 Å². The number of furan rings is 1. The van der Waals surface area contributed by atoms with Crippen molar-refractivity contribution in [2.24, 2.45) is 28.6 Å². The van der Waals surface area contributed by atoms with Gasteiger partial charge in [-0.3, -0.25) is 0 Å². The molecule has 0 amide bonds. The van der Waals surface area contributed by atoms with Crippen molar-refractivity contribution in [3.63, 3.8) is 0 Å². The van der Waals surface area contributed by atoms with Gasteiger partial charge in [-0.05, 0) is 139 Å². The number of aliphatic hydroxyl groups is 1. The number of hydrogen-bond donors (Lipinski definition) is 1. The van der Waals surface area contributed by atoms with Crippen molar-refractivity contribution in [3.05, 3.63) is 24.2 Å². The van der Waals surface area contributed by atoms with E-state index in [1.54, 1.807) is 6.26 Å². The van der Waals surface area contributed by atoms with Crippen LogP contribution in [0.1, 0.15) is 103 Å². The summed E-state index contributed by atoms with van der Waals surface area (Å²) < 4.78 is 19.2. The van der Waals surface area contributed by atoms with Crippen LogP contribution in [0.3, 0.4) is 0 Å². The van der Waals surface area contributed by atoms with Crippen LogP contribution in [0.15, 0.2) is 23.0 Å². The van der Waals surface area contributed by atoms with Gasteiger partial charge in [0.2, 0.25) is 0 Å². The zero-order valence-corrected chi connectivity index (χ0v) is 26.0. The van der Waals surface area contributed by atoms with Gasteiger partial charge in [-0.2, -0.15) is 0 Å². The van der Waals surface area contributed by atoms with Crippen LogP contribution in [0.2, 0.25) is 0 Å². The normalized spacial score (nSPS) is 45.0. The number of fused-ring (bicyclic) bond motifs is 5. The Hall–Kier alpha value is -0.920. The highest BCUT2D eigenvalue weighted by molar-refractivity contribution is 5.31. The molecule has 6 nitrogen and oxygen atoms in total. The lowest BCUT2D eigenvalue weighted by molar-refractivity contribution is -0.249. The molecule has 1 aromatic heterocycles. The number of ether oxygens (including phenoxy) is 2. The van der Waals surface area contributed by atoms with Crippen LogP contribution < -0.4 is 0 Å². The zero-order chi connectivity index (χ0) is 28.1. The molecule has 1 aromatic rings. The van der Waals surface area contributed by atoms with E-state index in [4.69, 9.17) is 13.9 Å². The third-order valence-corrected chi connectivity index (χ3v) is 13.8. The van der Waals surface area contributed by atoms with Gasteiger partial charge in [0, 0.05) is 24.1 Å². The fourth-order valence-electron chi connectivity index (χ4n) is 11.3. The van der Waals surface area contributed by atoms with Gasteiger partial charge in [0.05, 0.1) is 37.4 Å². The number of hydrogen-bond acceptors (Lipinski definition) is 6. The quantitative estimate of drug-likeness (QED) is 0.381. The molecule has 4 saturated carbocycles. The third kappa shape index (κ3) is 4.69. The fourth-order valence-corrected chi connectivity index (χ4v) is 11.3. The van der Waals surface area contributed by atoms with Gasteiger partial charge in [-0.1, -0.05) is 13.8 Å². The molecule has 6 fully saturated rings. The first-order valence-corrected chi connectivity index (χ1v) is 17.3. The average molecular weight is 569 g/mol. The summed E-state index contributed by atoms with van der Waals surface area (Å²) in [6.07, 6.45) is 19.4. The summed E-state index contributed by atoms with van der Waals surface area (Å²) in [6.45, 7) is 13.6. The van der Waals surface area contributed by atoms with Crippen molar-refractivity contribution in [2.45, 2.75) is 115 Å². The summed E-state index contributed by atoms with van der Waals surface area (Å²) >= 11 is 0. The van der Waals surface area contributed by atoms with Crippen molar-refractivity contribution < 1.29 is 19.0 Å². The molecule has 2 aliphatic heterocycles. The molecule has 230 valence electrons. The minimum atomic E-state index is -0.697. The second-order valence-electron chi connectivity index (χ2n) is 15.3. The molecular formula is C35H56N2O4. The van der Waals surface area contributed by atoms with E-state index in [0.717, 1.165) is 63.5 Å². The minimum absolute atomic E-state index is 0.310. The van der Waals surface area contributed by atoms with E-state index in [0.29, 0.717) is 23.4 Å². The first kappa shape index (κ1) is 28.8. The Morgan fingerprint density at radius 1 is 0.854 bits per heavy atom. The molecule has 8 atom stereocenters. The van der Waals surface area contributed by atoms with Crippen molar-refractivity contribution in [3.8, 4) is 0 Å². The number of likely N-dealkylation sites (tertiary alicyclic amines) is 2. The van der Waals surface area contributed by atoms with E-state index < -0.39 is 11.2 Å². The highest BCUT2D eigenvalue weighted by Gasteiger charge is 2.73. The zero-order valence-electron chi connectivity index (χ0n) is 26.0. The summed E-state index contributed by atoms with van der Waals surface area (Å²) in [5.41, 5.74) is -0.0283. The monoisotopic (exact) mass is 568 g/mol. The molecule has 1 unspecified atom stereocenters. The molecule has 1 N–H and O–H groups in total. The largest absolute Gasteiger partial charge is 0.472 e. The van der Waals surface area contributed by atoms with Gasteiger partial charge >= 0.3 is 0 Å².